The number of nitrogens with one attached hydrogen (secondary N) is 1. The first kappa shape index (κ1) is 13.2. The molecular weight excluding hydrogens is 260 g/mol. The van der Waals surface area contributed by atoms with Crippen LogP contribution in [0.3, 0.4) is 0 Å². The molecule has 1 fully saturated rings. The summed E-state index contributed by atoms with van der Waals surface area (Å²) in [6, 6.07) is -1.05. The zero-order chi connectivity index (χ0) is 14.0. The predicted molar refractivity (Wildman–Crippen MR) is 59.1 cm³/mol. The molecule has 3 N–H and O–H groups in total. The minimum Gasteiger partial charge on any atom is -0.394 e. The van der Waals surface area contributed by atoms with Crippen LogP contribution in [0.1, 0.15) is 6.23 Å². The molecule has 1 aliphatic heterocycles. The van der Waals surface area contributed by atoms with Crippen molar-refractivity contribution in [3.8, 4) is 0 Å². The van der Waals surface area contributed by atoms with E-state index in [1.165, 1.54) is 0 Å². The van der Waals surface area contributed by atoms with Crippen LogP contribution < -0.4 is 11.2 Å². The summed E-state index contributed by atoms with van der Waals surface area (Å²) < 4.78 is 5.92. The van der Waals surface area contributed by atoms with E-state index in [1.807, 2.05) is 4.98 Å². The Morgan fingerprint density at radius 3 is 2.95 bits per heavy atom. The van der Waals surface area contributed by atoms with E-state index in [-0.39, 0.29) is 0 Å². The Labute approximate surface area is 104 Å². The van der Waals surface area contributed by atoms with Crippen molar-refractivity contribution in [2.75, 3.05) is 6.61 Å². The van der Waals surface area contributed by atoms with Crippen LogP contribution in [-0.2, 0) is 4.74 Å². The van der Waals surface area contributed by atoms with Crippen LogP contribution in [-0.4, -0.2) is 49.8 Å². The Balaban J connectivity index is 2.38. The number of nitrogens with zero attached hydrogens (tertiary/aromatic N) is 5. The van der Waals surface area contributed by atoms with Gasteiger partial charge in [0.25, 0.3) is 5.56 Å². The zero-order valence-corrected chi connectivity index (χ0v) is 9.45. The monoisotopic (exact) mass is 270 g/mol. The standard InChI is InChI=1S/C8H10N6O5/c9-13-12-5-3(2-15)19-7(6(5)17)14-8(18)11-4(16)1-10-14/h1,3,5-7,15,17H,2H2,(H,11,16,18)/t3-,5-,6-,7-/m1/s1. The summed E-state index contributed by atoms with van der Waals surface area (Å²) in [5.74, 6) is 0. The number of rotatable bonds is 3. The van der Waals surface area contributed by atoms with Crippen molar-refractivity contribution in [1.82, 2.24) is 14.8 Å². The van der Waals surface area contributed by atoms with Crippen molar-refractivity contribution in [2.24, 2.45) is 5.11 Å². The Morgan fingerprint density at radius 2 is 2.37 bits per heavy atom. The van der Waals surface area contributed by atoms with Crippen molar-refractivity contribution in [1.29, 1.82) is 0 Å². The third-order valence-electron chi connectivity index (χ3n) is 2.68. The van der Waals surface area contributed by atoms with Gasteiger partial charge in [0.1, 0.15) is 12.3 Å². The molecule has 2 rings (SSSR count). The summed E-state index contributed by atoms with van der Waals surface area (Å²) in [6.45, 7) is -0.505. The van der Waals surface area contributed by atoms with E-state index in [1.54, 1.807) is 0 Å². The van der Waals surface area contributed by atoms with Gasteiger partial charge in [-0.15, -0.1) is 0 Å². The summed E-state index contributed by atoms with van der Waals surface area (Å²) in [5.41, 5.74) is 6.81. The van der Waals surface area contributed by atoms with E-state index in [2.05, 4.69) is 15.1 Å². The molecule has 102 valence electrons. The highest BCUT2D eigenvalue weighted by molar-refractivity contribution is 4.94. The van der Waals surface area contributed by atoms with Gasteiger partial charge in [0.2, 0.25) is 0 Å². The first-order valence-corrected chi connectivity index (χ1v) is 5.25. The summed E-state index contributed by atoms with van der Waals surface area (Å²) in [4.78, 5) is 26.9. The smallest absolute Gasteiger partial charge is 0.347 e. The Morgan fingerprint density at radius 1 is 1.63 bits per heavy atom. The fourth-order valence-corrected chi connectivity index (χ4v) is 1.83. The SMILES string of the molecule is [N-]=[N+]=N[C@H]1[C@@H](O)[C@H](n2ncc(=O)[nH]c2=O)O[C@@H]1CO. The van der Waals surface area contributed by atoms with Gasteiger partial charge in [-0.1, -0.05) is 5.11 Å². The maximum Gasteiger partial charge on any atom is 0.347 e. The number of H-pyrrole nitrogens is 1. The summed E-state index contributed by atoms with van der Waals surface area (Å²) in [5, 5.41) is 25.9. The molecule has 0 spiro atoms. The van der Waals surface area contributed by atoms with Crippen LogP contribution in [0.5, 0.6) is 0 Å². The second kappa shape index (κ2) is 5.20. The van der Waals surface area contributed by atoms with Gasteiger partial charge in [0, 0.05) is 4.91 Å². The van der Waals surface area contributed by atoms with Crippen molar-refractivity contribution in [2.45, 2.75) is 24.5 Å². The van der Waals surface area contributed by atoms with E-state index in [9.17, 15) is 14.7 Å². The molecule has 1 saturated heterocycles. The maximum absolute atomic E-state index is 11.5. The average molecular weight is 270 g/mol. The molecular formula is C8H10N6O5. The molecule has 2 heterocycles. The van der Waals surface area contributed by atoms with Crippen molar-refractivity contribution in [3.63, 3.8) is 0 Å². The van der Waals surface area contributed by atoms with Crippen LogP contribution >= 0.6 is 0 Å². The predicted octanol–water partition coefficient (Wildman–Crippen LogP) is -2.14. The van der Waals surface area contributed by atoms with Crippen molar-refractivity contribution < 1.29 is 14.9 Å². The number of hydrogen-bond acceptors (Lipinski definition) is 7. The van der Waals surface area contributed by atoms with Crippen LogP contribution in [0.2, 0.25) is 0 Å². The largest absolute Gasteiger partial charge is 0.394 e. The molecule has 0 bridgehead atoms. The quantitative estimate of drug-likeness (QED) is 0.322. The van der Waals surface area contributed by atoms with Gasteiger partial charge in [-0.05, 0) is 5.53 Å². The molecule has 0 aromatic carbocycles. The Kier molecular flexibility index (Phi) is 3.62. The minimum absolute atomic E-state index is 0.505. The highest BCUT2D eigenvalue weighted by Crippen LogP contribution is 2.29. The van der Waals surface area contributed by atoms with Gasteiger partial charge < -0.3 is 14.9 Å². The second-order valence-corrected chi connectivity index (χ2v) is 3.82. The van der Waals surface area contributed by atoms with Gasteiger partial charge in [-0.2, -0.15) is 9.78 Å². The molecule has 1 aliphatic rings. The molecule has 19 heavy (non-hydrogen) atoms. The first-order valence-electron chi connectivity index (χ1n) is 5.25. The molecule has 0 aliphatic carbocycles. The summed E-state index contributed by atoms with van der Waals surface area (Å²) in [7, 11) is 0. The van der Waals surface area contributed by atoms with Crippen LogP contribution in [0.15, 0.2) is 20.9 Å². The number of hydrogen-bond donors (Lipinski definition) is 3. The zero-order valence-electron chi connectivity index (χ0n) is 9.45. The molecule has 1 aromatic heterocycles. The Bertz CT molecular complexity index is 619. The highest BCUT2D eigenvalue weighted by Gasteiger charge is 2.44. The van der Waals surface area contributed by atoms with Crippen LogP contribution in [0.4, 0.5) is 0 Å². The molecule has 11 nitrogen and oxygen atoms in total. The van der Waals surface area contributed by atoms with Gasteiger partial charge in [-0.25, -0.2) is 4.79 Å². The fourth-order valence-electron chi connectivity index (χ4n) is 1.83. The van der Waals surface area contributed by atoms with Gasteiger partial charge >= 0.3 is 5.69 Å². The molecule has 0 radical (unpaired) electrons. The second-order valence-electron chi connectivity index (χ2n) is 3.82. The lowest BCUT2D eigenvalue weighted by Gasteiger charge is -2.15. The number of aromatic amines is 1. The van der Waals surface area contributed by atoms with E-state index >= 15 is 0 Å². The normalized spacial score (nSPS) is 30.0. The van der Waals surface area contributed by atoms with E-state index in [4.69, 9.17) is 15.4 Å². The van der Waals surface area contributed by atoms with Crippen molar-refractivity contribution in [3.05, 3.63) is 37.5 Å². The lowest BCUT2D eigenvalue weighted by molar-refractivity contribution is -0.0605. The summed E-state index contributed by atoms with van der Waals surface area (Å²) >= 11 is 0. The summed E-state index contributed by atoms with van der Waals surface area (Å²) in [6.07, 6.45) is -2.75. The van der Waals surface area contributed by atoms with E-state index in [0.29, 0.717) is 4.68 Å². The molecule has 0 saturated carbocycles. The lowest BCUT2D eigenvalue weighted by Crippen LogP contribution is -2.39. The molecule has 11 heteroatoms. The third kappa shape index (κ3) is 2.35. The van der Waals surface area contributed by atoms with E-state index < -0.39 is 42.3 Å². The number of azide groups is 1. The van der Waals surface area contributed by atoms with Crippen LogP contribution in [0, 0.1) is 0 Å². The fraction of sp³-hybridized carbons (Fsp3) is 0.625. The third-order valence-corrected chi connectivity index (χ3v) is 2.68. The number of aromatic nitrogens is 3. The lowest BCUT2D eigenvalue weighted by atomic mass is 10.1. The highest BCUT2D eigenvalue weighted by atomic mass is 16.5. The first-order chi connectivity index (χ1) is 9.08. The topological polar surface area (TPSA) is 166 Å². The number of aliphatic hydroxyl groups is 2. The molecule has 0 unspecified atom stereocenters. The van der Waals surface area contributed by atoms with Gasteiger partial charge in [0.15, 0.2) is 6.23 Å². The number of ether oxygens (including phenoxy) is 1. The Hall–Kier alpha value is -2.20. The van der Waals surface area contributed by atoms with Crippen LogP contribution in [0.25, 0.3) is 10.4 Å². The number of aliphatic hydroxyl groups excluding tert-OH is 2. The van der Waals surface area contributed by atoms with Crippen molar-refractivity contribution >= 4 is 0 Å². The van der Waals surface area contributed by atoms with Gasteiger partial charge in [-0.3, -0.25) is 9.78 Å². The minimum atomic E-state index is -1.37. The maximum atomic E-state index is 11.5. The molecule has 0 amide bonds. The van der Waals surface area contributed by atoms with Gasteiger partial charge in [0.05, 0.1) is 18.8 Å². The van der Waals surface area contributed by atoms with E-state index in [0.717, 1.165) is 6.20 Å². The average Bonchev–Trinajstić information content (AvgIpc) is 2.68. The molecule has 1 aromatic rings. The molecule has 4 atom stereocenters.